The summed E-state index contributed by atoms with van der Waals surface area (Å²) >= 11 is 7.88. The summed E-state index contributed by atoms with van der Waals surface area (Å²) in [5, 5.41) is 11.0. The van der Waals surface area contributed by atoms with E-state index >= 15 is 0 Å². The Morgan fingerprint density at radius 3 is 3.00 bits per heavy atom. The summed E-state index contributed by atoms with van der Waals surface area (Å²) in [6, 6.07) is 7.41. The second-order valence-electron chi connectivity index (χ2n) is 7.91. The zero-order valence-corrected chi connectivity index (χ0v) is 19.6. The Kier molecular flexibility index (Phi) is 6.78. The first kappa shape index (κ1) is 22.7. The first-order valence-electron chi connectivity index (χ1n) is 10.5. The molecule has 1 fully saturated rings. The van der Waals surface area contributed by atoms with E-state index in [-0.39, 0.29) is 5.91 Å². The highest BCUT2D eigenvalue weighted by Gasteiger charge is 2.28. The molecule has 8 nitrogen and oxygen atoms in total. The number of carbonyl (C=O) groups excluding carboxylic acids is 1. The van der Waals surface area contributed by atoms with E-state index in [4.69, 9.17) is 27.1 Å². The molecular formula is C22H26ClN5O3S. The Morgan fingerprint density at radius 1 is 1.44 bits per heavy atom. The van der Waals surface area contributed by atoms with Crippen LogP contribution in [0.15, 0.2) is 40.5 Å². The number of likely N-dealkylation sites (tertiary alicyclic amines) is 1. The number of halogens is 1. The fourth-order valence-electron chi connectivity index (χ4n) is 3.98. The molecule has 0 spiro atoms. The molecule has 3 heterocycles. The smallest absolute Gasteiger partial charge is 0.251 e. The summed E-state index contributed by atoms with van der Waals surface area (Å²) in [5.41, 5.74) is 7.67. The lowest BCUT2D eigenvalue weighted by Gasteiger charge is -2.18. The number of benzene rings is 1. The number of nitrogens with two attached hydrogens (primary N) is 1. The van der Waals surface area contributed by atoms with Gasteiger partial charge in [-0.3, -0.25) is 4.79 Å². The van der Waals surface area contributed by atoms with Gasteiger partial charge in [0.25, 0.3) is 5.91 Å². The number of aliphatic hydroxyl groups is 1. The molecule has 1 aliphatic rings. The van der Waals surface area contributed by atoms with Gasteiger partial charge in [-0.05, 0) is 61.7 Å². The highest BCUT2D eigenvalue weighted by Crippen LogP contribution is 2.37. The van der Waals surface area contributed by atoms with Gasteiger partial charge in [0.15, 0.2) is 11.0 Å². The van der Waals surface area contributed by atoms with Gasteiger partial charge in [-0.2, -0.15) is 0 Å². The van der Waals surface area contributed by atoms with Crippen LogP contribution in [0.25, 0.3) is 11.0 Å². The van der Waals surface area contributed by atoms with Gasteiger partial charge in [0, 0.05) is 30.7 Å². The van der Waals surface area contributed by atoms with Gasteiger partial charge >= 0.3 is 0 Å². The van der Waals surface area contributed by atoms with Crippen LogP contribution in [0.3, 0.4) is 0 Å². The fourth-order valence-corrected chi connectivity index (χ4v) is 5.18. The number of fused-ring (bicyclic) bond motifs is 1. The van der Waals surface area contributed by atoms with Crippen molar-refractivity contribution >= 4 is 46.1 Å². The zero-order valence-electron chi connectivity index (χ0n) is 18.0. The average molecular weight is 476 g/mol. The molecule has 1 amide bonds. The van der Waals surface area contributed by atoms with Crippen molar-refractivity contribution in [1.29, 1.82) is 0 Å². The van der Waals surface area contributed by atoms with Crippen LogP contribution >= 0.6 is 23.4 Å². The predicted molar refractivity (Wildman–Crippen MR) is 125 cm³/mol. The van der Waals surface area contributed by atoms with E-state index < -0.39 is 6.10 Å². The number of carbonyl (C=O) groups is 1. The van der Waals surface area contributed by atoms with E-state index in [1.807, 2.05) is 18.2 Å². The van der Waals surface area contributed by atoms with E-state index in [9.17, 15) is 9.90 Å². The SMILES string of the molecule is COc1ccc(Cl)c(Sc2nc3c(N)nccc3n2CCC2CCN(C(=O)[C@H](C)O)C2)c1. The van der Waals surface area contributed by atoms with Gasteiger partial charge in [-0.25, -0.2) is 9.97 Å². The Labute approximate surface area is 195 Å². The normalized spacial score (nSPS) is 17.1. The van der Waals surface area contributed by atoms with E-state index in [1.54, 1.807) is 24.3 Å². The lowest BCUT2D eigenvalue weighted by molar-refractivity contribution is -0.138. The monoisotopic (exact) mass is 475 g/mol. The summed E-state index contributed by atoms with van der Waals surface area (Å²) in [6.07, 6.45) is 2.51. The minimum atomic E-state index is -0.961. The number of anilines is 1. The summed E-state index contributed by atoms with van der Waals surface area (Å²) in [5.74, 6) is 1.25. The van der Waals surface area contributed by atoms with Gasteiger partial charge < -0.3 is 25.0 Å². The van der Waals surface area contributed by atoms with E-state index in [1.165, 1.54) is 18.7 Å². The summed E-state index contributed by atoms with van der Waals surface area (Å²) in [4.78, 5) is 23.6. The summed E-state index contributed by atoms with van der Waals surface area (Å²) in [7, 11) is 1.62. The van der Waals surface area contributed by atoms with E-state index in [0.29, 0.717) is 41.9 Å². The number of imidazole rings is 1. The van der Waals surface area contributed by atoms with Crippen molar-refractivity contribution in [2.45, 2.75) is 42.5 Å². The van der Waals surface area contributed by atoms with Crippen molar-refractivity contribution in [2.24, 2.45) is 5.92 Å². The van der Waals surface area contributed by atoms with Gasteiger partial charge in [0.2, 0.25) is 0 Å². The molecule has 10 heteroatoms. The molecule has 3 aromatic rings. The number of amides is 1. The largest absolute Gasteiger partial charge is 0.497 e. The van der Waals surface area contributed by atoms with Gasteiger partial charge in [-0.15, -0.1) is 0 Å². The van der Waals surface area contributed by atoms with Gasteiger partial charge in [-0.1, -0.05) is 11.6 Å². The Bertz CT molecular complexity index is 1140. The van der Waals surface area contributed by atoms with Crippen LogP contribution in [-0.2, 0) is 11.3 Å². The highest BCUT2D eigenvalue weighted by atomic mass is 35.5. The van der Waals surface area contributed by atoms with E-state index in [2.05, 4.69) is 9.55 Å². The number of hydrogen-bond donors (Lipinski definition) is 2. The highest BCUT2D eigenvalue weighted by molar-refractivity contribution is 7.99. The van der Waals surface area contributed by atoms with Crippen LogP contribution in [0.4, 0.5) is 5.82 Å². The zero-order chi connectivity index (χ0) is 22.8. The van der Waals surface area contributed by atoms with Crippen LogP contribution in [0.5, 0.6) is 5.75 Å². The molecule has 3 N–H and O–H groups in total. The average Bonchev–Trinajstić information content (AvgIpc) is 3.38. The lowest BCUT2D eigenvalue weighted by Crippen LogP contribution is -2.36. The fraction of sp³-hybridized carbons (Fsp3) is 0.409. The van der Waals surface area contributed by atoms with Crippen LogP contribution in [0.2, 0.25) is 5.02 Å². The third-order valence-electron chi connectivity index (χ3n) is 5.72. The molecule has 0 aliphatic carbocycles. The summed E-state index contributed by atoms with van der Waals surface area (Å²) in [6.45, 7) is 3.56. The van der Waals surface area contributed by atoms with Crippen molar-refractivity contribution in [3.63, 3.8) is 0 Å². The first-order valence-corrected chi connectivity index (χ1v) is 11.7. The number of ether oxygens (including phenoxy) is 1. The van der Waals surface area contributed by atoms with Crippen molar-refractivity contribution in [3.8, 4) is 5.75 Å². The van der Waals surface area contributed by atoms with Crippen LogP contribution in [0, 0.1) is 5.92 Å². The van der Waals surface area contributed by atoms with Crippen molar-refractivity contribution in [2.75, 3.05) is 25.9 Å². The number of pyridine rings is 1. The Morgan fingerprint density at radius 2 is 2.25 bits per heavy atom. The number of nitrogens with zero attached hydrogens (tertiary/aromatic N) is 4. The van der Waals surface area contributed by atoms with Crippen molar-refractivity contribution in [3.05, 3.63) is 35.5 Å². The summed E-state index contributed by atoms with van der Waals surface area (Å²) < 4.78 is 7.47. The third kappa shape index (κ3) is 4.65. The van der Waals surface area contributed by atoms with Gasteiger partial charge in [0.1, 0.15) is 17.4 Å². The number of aromatic nitrogens is 3. The molecule has 1 aliphatic heterocycles. The van der Waals surface area contributed by atoms with E-state index in [0.717, 1.165) is 34.2 Å². The molecule has 0 saturated carbocycles. The number of rotatable bonds is 7. The maximum absolute atomic E-state index is 12.1. The minimum absolute atomic E-state index is 0.205. The van der Waals surface area contributed by atoms with Crippen molar-refractivity contribution in [1.82, 2.24) is 19.4 Å². The number of hydrogen-bond acceptors (Lipinski definition) is 7. The van der Waals surface area contributed by atoms with Gasteiger partial charge in [0.05, 0.1) is 17.6 Å². The molecule has 1 aromatic carbocycles. The molecule has 32 heavy (non-hydrogen) atoms. The lowest BCUT2D eigenvalue weighted by atomic mass is 10.1. The molecule has 4 rings (SSSR count). The van der Waals surface area contributed by atoms with Crippen LogP contribution in [-0.4, -0.2) is 56.8 Å². The predicted octanol–water partition coefficient (Wildman–Crippen LogP) is 3.45. The topological polar surface area (TPSA) is 107 Å². The van der Waals surface area contributed by atoms with Crippen molar-refractivity contribution < 1.29 is 14.6 Å². The number of nitrogen functional groups attached to an aromatic ring is 1. The second-order valence-corrected chi connectivity index (χ2v) is 9.33. The molecule has 170 valence electrons. The number of aryl methyl sites for hydroxylation is 1. The molecule has 1 unspecified atom stereocenters. The standard InChI is InChI=1S/C22H26ClN5O3S/c1-13(29)21(30)27-9-6-14(12-27)7-10-28-17-5-8-25-20(24)19(17)26-22(28)32-18-11-15(31-2)3-4-16(18)23/h3-5,8,11,13-14,29H,6-7,9-10,12H2,1-2H3,(H2,24,25)/t13-,14?/m0/s1. The molecule has 0 bridgehead atoms. The van der Waals surface area contributed by atoms with Crippen LogP contribution in [0.1, 0.15) is 19.8 Å². The number of aliphatic hydroxyl groups excluding tert-OH is 1. The molecule has 2 atom stereocenters. The maximum atomic E-state index is 12.1. The Hall–Kier alpha value is -2.49. The first-order chi connectivity index (χ1) is 15.4. The maximum Gasteiger partial charge on any atom is 0.251 e. The quantitative estimate of drug-likeness (QED) is 0.539. The molecule has 2 aromatic heterocycles. The minimum Gasteiger partial charge on any atom is -0.497 e. The number of methoxy groups -OCH3 is 1. The van der Waals surface area contributed by atoms with Crippen LogP contribution < -0.4 is 10.5 Å². The third-order valence-corrected chi connectivity index (χ3v) is 7.21. The second kappa shape index (κ2) is 9.56. The molecule has 1 saturated heterocycles. The molecule has 0 radical (unpaired) electrons. The Balaban J connectivity index is 1.58. The molecular weight excluding hydrogens is 450 g/mol.